The first kappa shape index (κ1) is 14.7. The van der Waals surface area contributed by atoms with E-state index in [1.165, 1.54) is 15.3 Å². The molecule has 2 heterocycles. The predicted octanol–water partition coefficient (Wildman–Crippen LogP) is 5.22. The molecule has 0 radical (unpaired) electrons. The fourth-order valence-corrected chi connectivity index (χ4v) is 3.59. The van der Waals surface area contributed by atoms with Crippen molar-refractivity contribution in [3.8, 4) is 10.4 Å². The average molecular weight is 361 g/mol. The predicted molar refractivity (Wildman–Crippen MR) is 94.7 cm³/mol. The molecule has 0 amide bonds. The lowest BCUT2D eigenvalue weighted by atomic mass is 10.1. The summed E-state index contributed by atoms with van der Waals surface area (Å²) in [6, 6.07) is 13.4. The Kier molecular flexibility index (Phi) is 4.38. The van der Waals surface area contributed by atoms with Gasteiger partial charge in [-0.15, -0.1) is 11.3 Å². The number of aromatic nitrogens is 1. The molecule has 0 saturated heterocycles. The summed E-state index contributed by atoms with van der Waals surface area (Å²) in [5.41, 5.74) is 2.27. The van der Waals surface area contributed by atoms with Crippen molar-refractivity contribution in [1.82, 2.24) is 10.3 Å². The number of pyridine rings is 1. The lowest BCUT2D eigenvalue weighted by Gasteiger charge is -2.06. The van der Waals surface area contributed by atoms with Gasteiger partial charge in [-0.3, -0.25) is 4.98 Å². The molecule has 0 spiro atoms. The van der Waals surface area contributed by atoms with Gasteiger partial charge in [0.1, 0.15) is 0 Å². The van der Waals surface area contributed by atoms with Gasteiger partial charge < -0.3 is 5.32 Å². The Morgan fingerprint density at radius 1 is 1.24 bits per heavy atom. The largest absolute Gasteiger partial charge is 0.310 e. The second kappa shape index (κ2) is 6.26. The van der Waals surface area contributed by atoms with Crippen LogP contribution in [0.4, 0.5) is 0 Å². The number of para-hydroxylation sites is 1. The van der Waals surface area contributed by atoms with E-state index >= 15 is 0 Å². The number of rotatable bonds is 4. The maximum Gasteiger partial charge on any atom is 0.0789 e. The quantitative estimate of drug-likeness (QED) is 0.689. The first-order valence-electron chi connectivity index (χ1n) is 7.00. The Balaban J connectivity index is 1.97. The highest BCUT2D eigenvalue weighted by Gasteiger charge is 2.08. The summed E-state index contributed by atoms with van der Waals surface area (Å²) in [7, 11) is 0. The maximum atomic E-state index is 4.58. The highest BCUT2D eigenvalue weighted by molar-refractivity contribution is 9.10. The molecule has 0 fully saturated rings. The minimum Gasteiger partial charge on any atom is -0.310 e. The van der Waals surface area contributed by atoms with Gasteiger partial charge >= 0.3 is 0 Å². The Bertz CT molecular complexity index is 764. The number of nitrogens with one attached hydrogen (secondary N) is 1. The first-order valence-corrected chi connectivity index (χ1v) is 8.61. The summed E-state index contributed by atoms with van der Waals surface area (Å²) < 4.78 is 1.01. The van der Waals surface area contributed by atoms with Gasteiger partial charge in [-0.2, -0.15) is 0 Å². The zero-order valence-corrected chi connectivity index (χ0v) is 14.5. The van der Waals surface area contributed by atoms with E-state index in [0.29, 0.717) is 6.04 Å². The van der Waals surface area contributed by atoms with Gasteiger partial charge in [-0.1, -0.05) is 32.0 Å². The number of nitrogens with zero attached hydrogens (tertiary/aromatic N) is 1. The average Bonchev–Trinajstić information content (AvgIpc) is 2.93. The molecular formula is C17H17BrN2S. The van der Waals surface area contributed by atoms with Crippen LogP contribution in [0, 0.1) is 0 Å². The topological polar surface area (TPSA) is 24.9 Å². The van der Waals surface area contributed by atoms with Crippen LogP contribution in [0.15, 0.2) is 47.1 Å². The normalized spacial score (nSPS) is 11.4. The third-order valence-electron chi connectivity index (χ3n) is 3.29. The van der Waals surface area contributed by atoms with Gasteiger partial charge in [-0.05, 0) is 34.1 Å². The Morgan fingerprint density at radius 2 is 2.10 bits per heavy atom. The van der Waals surface area contributed by atoms with Crippen LogP contribution in [0.25, 0.3) is 21.3 Å². The third kappa shape index (κ3) is 3.34. The number of fused-ring (bicyclic) bond motifs is 1. The van der Waals surface area contributed by atoms with Crippen molar-refractivity contribution in [3.05, 3.63) is 51.9 Å². The molecule has 0 aliphatic rings. The maximum absolute atomic E-state index is 4.58. The van der Waals surface area contributed by atoms with Crippen molar-refractivity contribution in [2.45, 2.75) is 26.4 Å². The minimum atomic E-state index is 0.507. The van der Waals surface area contributed by atoms with Crippen molar-refractivity contribution < 1.29 is 0 Å². The molecule has 0 aliphatic heterocycles. The lowest BCUT2D eigenvalue weighted by molar-refractivity contribution is 0.593. The van der Waals surface area contributed by atoms with Crippen molar-refractivity contribution in [2.24, 2.45) is 0 Å². The Morgan fingerprint density at radius 3 is 2.90 bits per heavy atom. The highest BCUT2D eigenvalue weighted by atomic mass is 79.9. The van der Waals surface area contributed by atoms with Gasteiger partial charge in [0.2, 0.25) is 0 Å². The van der Waals surface area contributed by atoms with E-state index in [4.69, 9.17) is 0 Å². The monoisotopic (exact) mass is 360 g/mol. The van der Waals surface area contributed by atoms with Crippen LogP contribution in [-0.4, -0.2) is 11.0 Å². The molecule has 3 rings (SSSR count). The molecule has 0 aliphatic carbocycles. The minimum absolute atomic E-state index is 0.507. The van der Waals surface area contributed by atoms with Crippen LogP contribution in [0.3, 0.4) is 0 Å². The van der Waals surface area contributed by atoms with E-state index in [1.807, 2.05) is 17.5 Å². The summed E-state index contributed by atoms with van der Waals surface area (Å²) in [5, 5.41) is 4.62. The standard InChI is InChI=1S/C17H17BrN2S/c1-11(2)19-10-14-6-7-16(21-14)15-5-3-4-12-8-13(18)9-20-17(12)15/h3-9,11,19H,10H2,1-2H3. The first-order chi connectivity index (χ1) is 10.1. The molecule has 3 aromatic rings. The number of hydrogen-bond donors (Lipinski definition) is 1. The molecule has 2 nitrogen and oxygen atoms in total. The number of hydrogen-bond acceptors (Lipinski definition) is 3. The highest BCUT2D eigenvalue weighted by Crippen LogP contribution is 2.33. The van der Waals surface area contributed by atoms with Crippen molar-refractivity contribution >= 4 is 38.2 Å². The van der Waals surface area contributed by atoms with E-state index in [1.54, 1.807) is 0 Å². The zero-order chi connectivity index (χ0) is 14.8. The Labute approximate surface area is 137 Å². The second-order valence-corrected chi connectivity index (χ2v) is 7.42. The molecule has 0 atom stereocenters. The molecule has 0 saturated carbocycles. The molecular weight excluding hydrogens is 344 g/mol. The second-order valence-electron chi connectivity index (χ2n) is 5.33. The SMILES string of the molecule is CC(C)NCc1ccc(-c2cccc3cc(Br)cnc23)s1. The van der Waals surface area contributed by atoms with Gasteiger partial charge in [0, 0.05) is 44.0 Å². The fourth-order valence-electron chi connectivity index (χ4n) is 2.26. The summed E-state index contributed by atoms with van der Waals surface area (Å²) in [4.78, 5) is 7.21. The zero-order valence-electron chi connectivity index (χ0n) is 12.1. The molecule has 1 N–H and O–H groups in total. The van der Waals surface area contributed by atoms with Crippen LogP contribution < -0.4 is 5.32 Å². The van der Waals surface area contributed by atoms with Crippen LogP contribution >= 0.6 is 27.3 Å². The van der Waals surface area contributed by atoms with Gasteiger partial charge in [0.25, 0.3) is 0 Å². The summed E-state index contributed by atoms with van der Waals surface area (Å²) >= 11 is 5.32. The van der Waals surface area contributed by atoms with E-state index in [0.717, 1.165) is 21.9 Å². The summed E-state index contributed by atoms with van der Waals surface area (Å²) in [6.07, 6.45) is 1.86. The number of benzene rings is 1. The molecule has 1 aromatic carbocycles. The smallest absolute Gasteiger partial charge is 0.0789 e. The van der Waals surface area contributed by atoms with E-state index in [-0.39, 0.29) is 0 Å². The van der Waals surface area contributed by atoms with E-state index in [2.05, 4.69) is 76.5 Å². The number of halogens is 1. The summed E-state index contributed by atoms with van der Waals surface area (Å²) in [6.45, 7) is 5.26. The van der Waals surface area contributed by atoms with Crippen LogP contribution in [0.1, 0.15) is 18.7 Å². The van der Waals surface area contributed by atoms with Crippen molar-refractivity contribution in [2.75, 3.05) is 0 Å². The number of thiophene rings is 1. The van der Waals surface area contributed by atoms with Gasteiger partial charge in [-0.25, -0.2) is 0 Å². The molecule has 4 heteroatoms. The molecule has 2 aromatic heterocycles. The van der Waals surface area contributed by atoms with Gasteiger partial charge in [0.15, 0.2) is 0 Å². The van der Waals surface area contributed by atoms with Crippen LogP contribution in [0.5, 0.6) is 0 Å². The van der Waals surface area contributed by atoms with Crippen molar-refractivity contribution in [1.29, 1.82) is 0 Å². The molecule has 0 unspecified atom stereocenters. The fraction of sp³-hybridized carbons (Fsp3) is 0.235. The molecule has 21 heavy (non-hydrogen) atoms. The van der Waals surface area contributed by atoms with E-state index in [9.17, 15) is 0 Å². The lowest BCUT2D eigenvalue weighted by Crippen LogP contribution is -2.21. The molecule has 108 valence electrons. The van der Waals surface area contributed by atoms with E-state index < -0.39 is 0 Å². The Hall–Kier alpha value is -1.23. The summed E-state index contributed by atoms with van der Waals surface area (Å²) in [5.74, 6) is 0. The third-order valence-corrected chi connectivity index (χ3v) is 4.84. The van der Waals surface area contributed by atoms with Crippen LogP contribution in [0.2, 0.25) is 0 Å². The molecule has 0 bridgehead atoms. The van der Waals surface area contributed by atoms with Crippen LogP contribution in [-0.2, 0) is 6.54 Å². The van der Waals surface area contributed by atoms with Crippen molar-refractivity contribution in [3.63, 3.8) is 0 Å². The van der Waals surface area contributed by atoms with Gasteiger partial charge in [0.05, 0.1) is 5.52 Å².